The van der Waals surface area contributed by atoms with Crippen molar-refractivity contribution in [3.63, 3.8) is 0 Å². The fourth-order valence-corrected chi connectivity index (χ4v) is 1.24. The Bertz CT molecular complexity index is 194. The SMILES string of the molecule is O=C(CCCCC[SH](=O)=O)NO. The molecule has 0 aromatic rings. The van der Waals surface area contributed by atoms with Crippen molar-refractivity contribution in [2.75, 3.05) is 5.75 Å². The fourth-order valence-electron chi connectivity index (χ4n) is 0.759. The third-order valence-electron chi connectivity index (χ3n) is 1.37. The van der Waals surface area contributed by atoms with Crippen molar-refractivity contribution in [2.24, 2.45) is 0 Å². The number of unbranched alkanes of at least 4 members (excludes halogenated alkanes) is 2. The highest BCUT2D eigenvalue weighted by molar-refractivity contribution is 7.72. The molecule has 0 radical (unpaired) electrons. The fraction of sp³-hybridized carbons (Fsp3) is 0.833. The second-order valence-corrected chi connectivity index (χ2v) is 3.51. The lowest BCUT2D eigenvalue weighted by atomic mass is 10.2. The summed E-state index contributed by atoms with van der Waals surface area (Å²) in [4.78, 5) is 10.4. The molecule has 6 heteroatoms. The van der Waals surface area contributed by atoms with Crippen LogP contribution >= 0.6 is 0 Å². The highest BCUT2D eigenvalue weighted by Crippen LogP contribution is 1.99. The van der Waals surface area contributed by atoms with Crippen molar-refractivity contribution in [3.05, 3.63) is 0 Å². The molecule has 0 aromatic heterocycles. The summed E-state index contributed by atoms with van der Waals surface area (Å²) in [5, 5.41) is 8.08. The maximum Gasteiger partial charge on any atom is 0.243 e. The molecule has 12 heavy (non-hydrogen) atoms. The second kappa shape index (κ2) is 7.05. The van der Waals surface area contributed by atoms with Gasteiger partial charge in [-0.2, -0.15) is 0 Å². The molecule has 0 heterocycles. The van der Waals surface area contributed by atoms with Crippen LogP contribution in [-0.2, 0) is 15.5 Å². The summed E-state index contributed by atoms with van der Waals surface area (Å²) in [7, 11) is -2.29. The zero-order valence-corrected chi connectivity index (χ0v) is 7.55. The molecule has 0 aliphatic heterocycles. The number of carbonyl (C=O) groups is 1. The maximum absolute atomic E-state index is 10.4. The Morgan fingerprint density at radius 3 is 2.42 bits per heavy atom. The van der Waals surface area contributed by atoms with Gasteiger partial charge in [-0.05, 0) is 12.8 Å². The van der Waals surface area contributed by atoms with Gasteiger partial charge in [-0.25, -0.2) is 13.9 Å². The van der Waals surface area contributed by atoms with Crippen molar-refractivity contribution in [2.45, 2.75) is 25.7 Å². The molecule has 0 atom stereocenters. The highest BCUT2D eigenvalue weighted by Gasteiger charge is 1.97. The molecule has 0 rings (SSSR count). The Balaban J connectivity index is 3.16. The van der Waals surface area contributed by atoms with Crippen LogP contribution in [0, 0.1) is 0 Å². The Kier molecular flexibility index (Phi) is 6.69. The number of rotatable bonds is 6. The normalized spacial score (nSPS) is 10.2. The predicted molar refractivity (Wildman–Crippen MR) is 43.6 cm³/mol. The number of hydroxylamine groups is 1. The highest BCUT2D eigenvalue weighted by atomic mass is 32.2. The predicted octanol–water partition coefficient (Wildman–Crippen LogP) is -0.336. The van der Waals surface area contributed by atoms with Crippen LogP contribution in [0.3, 0.4) is 0 Å². The molecule has 72 valence electrons. The molecule has 5 nitrogen and oxygen atoms in total. The minimum atomic E-state index is -2.29. The zero-order valence-electron chi connectivity index (χ0n) is 6.65. The monoisotopic (exact) mass is 195 g/mol. The van der Waals surface area contributed by atoms with E-state index in [1.807, 2.05) is 0 Å². The molecule has 1 amide bonds. The van der Waals surface area contributed by atoms with Crippen molar-refractivity contribution in [1.82, 2.24) is 5.48 Å². The molecule has 0 saturated heterocycles. The van der Waals surface area contributed by atoms with E-state index in [4.69, 9.17) is 5.21 Å². The van der Waals surface area contributed by atoms with Gasteiger partial charge in [-0.1, -0.05) is 6.42 Å². The zero-order chi connectivity index (χ0) is 9.40. The van der Waals surface area contributed by atoms with E-state index in [-0.39, 0.29) is 12.2 Å². The van der Waals surface area contributed by atoms with E-state index in [2.05, 4.69) is 0 Å². The van der Waals surface area contributed by atoms with E-state index in [0.29, 0.717) is 19.3 Å². The van der Waals surface area contributed by atoms with Gasteiger partial charge in [0, 0.05) is 12.2 Å². The van der Waals surface area contributed by atoms with Gasteiger partial charge in [0.05, 0.1) is 0 Å². The molecule has 0 spiro atoms. The van der Waals surface area contributed by atoms with E-state index in [1.165, 1.54) is 5.48 Å². The smallest absolute Gasteiger partial charge is 0.243 e. The van der Waals surface area contributed by atoms with Crippen molar-refractivity contribution < 1.29 is 18.4 Å². The van der Waals surface area contributed by atoms with Gasteiger partial charge in [0.2, 0.25) is 5.91 Å². The average Bonchev–Trinajstić information content (AvgIpc) is 2.03. The molecular formula is C6H13NO4S. The molecule has 0 unspecified atom stereocenters. The molecular weight excluding hydrogens is 182 g/mol. The summed E-state index contributed by atoms with van der Waals surface area (Å²) in [5.74, 6) is -0.252. The molecule has 0 saturated carbocycles. The molecule has 0 bridgehead atoms. The van der Waals surface area contributed by atoms with Crippen LogP contribution in [0.1, 0.15) is 25.7 Å². The van der Waals surface area contributed by atoms with Gasteiger partial charge in [-0.15, -0.1) is 0 Å². The quantitative estimate of drug-likeness (QED) is 0.234. The molecule has 0 fully saturated rings. The van der Waals surface area contributed by atoms with Crippen LogP contribution < -0.4 is 5.48 Å². The number of carbonyl (C=O) groups excluding carboxylic acids is 1. The Morgan fingerprint density at radius 1 is 1.25 bits per heavy atom. The summed E-state index contributed by atoms with van der Waals surface area (Å²) < 4.78 is 20.1. The van der Waals surface area contributed by atoms with E-state index in [9.17, 15) is 13.2 Å². The molecule has 0 aromatic carbocycles. The topological polar surface area (TPSA) is 83.5 Å². The van der Waals surface area contributed by atoms with Gasteiger partial charge in [-0.3, -0.25) is 10.0 Å². The van der Waals surface area contributed by atoms with Crippen LogP contribution in [-0.4, -0.2) is 25.3 Å². The second-order valence-electron chi connectivity index (χ2n) is 2.40. The first-order valence-electron chi connectivity index (χ1n) is 3.71. The van der Waals surface area contributed by atoms with Crippen LogP contribution in [0.5, 0.6) is 0 Å². The third-order valence-corrected chi connectivity index (χ3v) is 2.05. The van der Waals surface area contributed by atoms with Crippen LogP contribution in [0.15, 0.2) is 0 Å². The van der Waals surface area contributed by atoms with Crippen LogP contribution in [0.25, 0.3) is 0 Å². The Morgan fingerprint density at radius 2 is 1.92 bits per heavy atom. The largest absolute Gasteiger partial charge is 0.289 e. The van der Waals surface area contributed by atoms with E-state index < -0.39 is 16.6 Å². The molecule has 0 aliphatic carbocycles. The summed E-state index contributed by atoms with van der Waals surface area (Å²) in [6.45, 7) is 0. The Labute approximate surface area is 72.7 Å². The average molecular weight is 195 g/mol. The molecule has 2 N–H and O–H groups in total. The van der Waals surface area contributed by atoms with Crippen molar-refractivity contribution in [3.8, 4) is 0 Å². The van der Waals surface area contributed by atoms with Crippen LogP contribution in [0.4, 0.5) is 0 Å². The molecule has 0 aliphatic rings. The van der Waals surface area contributed by atoms with E-state index in [1.54, 1.807) is 0 Å². The lowest BCUT2D eigenvalue weighted by Gasteiger charge is -1.96. The maximum atomic E-state index is 10.4. The van der Waals surface area contributed by atoms with Gasteiger partial charge in [0.1, 0.15) is 10.7 Å². The summed E-state index contributed by atoms with van der Waals surface area (Å²) in [6.07, 6.45) is 2.12. The number of thiol groups is 1. The minimum Gasteiger partial charge on any atom is -0.289 e. The standard InChI is InChI=1S/C6H13NO4S/c8-6(7-9)4-2-1-3-5-12(10)11/h9,12H,1-5H2,(H,7,8). The lowest BCUT2D eigenvalue weighted by molar-refractivity contribution is -0.129. The number of hydrogen-bond acceptors (Lipinski definition) is 4. The van der Waals surface area contributed by atoms with E-state index in [0.717, 1.165) is 0 Å². The van der Waals surface area contributed by atoms with Gasteiger partial charge in [0.25, 0.3) is 0 Å². The van der Waals surface area contributed by atoms with Gasteiger partial charge in [0.15, 0.2) is 0 Å². The lowest BCUT2D eigenvalue weighted by Crippen LogP contribution is -2.17. The first kappa shape index (κ1) is 11.4. The number of hydrogen-bond donors (Lipinski definition) is 3. The number of amides is 1. The minimum absolute atomic E-state index is 0.177. The van der Waals surface area contributed by atoms with Crippen molar-refractivity contribution in [1.29, 1.82) is 0 Å². The first-order chi connectivity index (χ1) is 5.66. The summed E-state index contributed by atoms with van der Waals surface area (Å²) in [5.41, 5.74) is 1.51. The summed E-state index contributed by atoms with van der Waals surface area (Å²) >= 11 is 0. The Hall–Kier alpha value is -0.620. The van der Waals surface area contributed by atoms with Gasteiger partial charge >= 0.3 is 0 Å². The number of nitrogens with one attached hydrogen (secondary N) is 1. The summed E-state index contributed by atoms with van der Waals surface area (Å²) in [6, 6.07) is 0. The first-order valence-corrected chi connectivity index (χ1v) is 5.08. The van der Waals surface area contributed by atoms with Gasteiger partial charge < -0.3 is 0 Å². The third kappa shape index (κ3) is 7.49. The van der Waals surface area contributed by atoms with Crippen LogP contribution in [0.2, 0.25) is 0 Å². The van der Waals surface area contributed by atoms with Crippen molar-refractivity contribution >= 4 is 16.6 Å². The van der Waals surface area contributed by atoms with E-state index >= 15 is 0 Å².